The van der Waals surface area contributed by atoms with E-state index in [1.54, 1.807) is 30.3 Å². The minimum atomic E-state index is -3.24. The lowest BCUT2D eigenvalue weighted by atomic mass is 9.98. The van der Waals surface area contributed by atoms with Crippen LogP contribution < -0.4 is 10.6 Å². The molecule has 0 atom stereocenters. The third-order valence-corrected chi connectivity index (χ3v) is 6.98. The zero-order chi connectivity index (χ0) is 23.6. The number of fused-ring (bicyclic) bond motifs is 1. The summed E-state index contributed by atoms with van der Waals surface area (Å²) in [5, 5.41) is 15.2. The number of nitrogens with one attached hydrogen (secondary N) is 2. The van der Waals surface area contributed by atoms with E-state index in [2.05, 4.69) is 16.7 Å². The van der Waals surface area contributed by atoms with Crippen molar-refractivity contribution in [1.29, 1.82) is 5.26 Å². The SMILES string of the molecule is Cc1ccc(Nc2cccc3c2CCN(S(C)(=O)=O)C3)cc1C(=O)Nc1ccc(C#N)cc1. The maximum Gasteiger partial charge on any atom is 0.256 e. The molecule has 1 aliphatic rings. The number of aryl methyl sites for hydroxylation is 1. The van der Waals surface area contributed by atoms with Gasteiger partial charge in [0.25, 0.3) is 5.91 Å². The van der Waals surface area contributed by atoms with E-state index in [0.29, 0.717) is 36.3 Å². The molecule has 4 rings (SSSR count). The monoisotopic (exact) mass is 460 g/mol. The van der Waals surface area contributed by atoms with E-state index < -0.39 is 10.0 Å². The Labute approximate surface area is 193 Å². The summed E-state index contributed by atoms with van der Waals surface area (Å²) < 4.78 is 25.3. The van der Waals surface area contributed by atoms with E-state index in [4.69, 9.17) is 5.26 Å². The first-order chi connectivity index (χ1) is 15.7. The number of hydrogen-bond donors (Lipinski definition) is 2. The van der Waals surface area contributed by atoms with Gasteiger partial charge in [0.2, 0.25) is 10.0 Å². The highest BCUT2D eigenvalue weighted by Gasteiger charge is 2.24. The van der Waals surface area contributed by atoms with Crippen molar-refractivity contribution in [3.8, 4) is 6.07 Å². The van der Waals surface area contributed by atoms with E-state index in [-0.39, 0.29) is 5.91 Å². The minimum Gasteiger partial charge on any atom is -0.355 e. The van der Waals surface area contributed by atoms with Crippen LogP contribution >= 0.6 is 0 Å². The van der Waals surface area contributed by atoms with Gasteiger partial charge in [-0.25, -0.2) is 8.42 Å². The smallest absolute Gasteiger partial charge is 0.256 e. The van der Waals surface area contributed by atoms with Gasteiger partial charge in [-0.15, -0.1) is 0 Å². The van der Waals surface area contributed by atoms with Crippen molar-refractivity contribution in [3.63, 3.8) is 0 Å². The number of rotatable bonds is 5. The molecule has 1 amide bonds. The summed E-state index contributed by atoms with van der Waals surface area (Å²) >= 11 is 0. The topological polar surface area (TPSA) is 102 Å². The van der Waals surface area contributed by atoms with E-state index in [1.807, 2.05) is 37.3 Å². The van der Waals surface area contributed by atoms with Crippen LogP contribution in [0.5, 0.6) is 0 Å². The van der Waals surface area contributed by atoms with Crippen LogP contribution in [0.25, 0.3) is 0 Å². The molecule has 1 aliphatic heterocycles. The summed E-state index contributed by atoms with van der Waals surface area (Å²) in [6.45, 7) is 2.67. The van der Waals surface area contributed by atoms with Gasteiger partial charge in [-0.2, -0.15) is 9.57 Å². The molecule has 0 saturated carbocycles. The van der Waals surface area contributed by atoms with Crippen LogP contribution in [0, 0.1) is 18.3 Å². The van der Waals surface area contributed by atoms with E-state index in [9.17, 15) is 13.2 Å². The minimum absolute atomic E-state index is 0.236. The Hall–Kier alpha value is -3.67. The molecule has 7 nitrogen and oxygen atoms in total. The average Bonchev–Trinajstić information content (AvgIpc) is 2.80. The Kier molecular flexibility index (Phi) is 6.18. The van der Waals surface area contributed by atoms with Crippen molar-refractivity contribution < 1.29 is 13.2 Å². The second-order valence-electron chi connectivity index (χ2n) is 8.09. The van der Waals surface area contributed by atoms with Crippen molar-refractivity contribution >= 4 is 33.0 Å². The number of anilines is 3. The molecular formula is C25H24N4O3S. The predicted molar refractivity (Wildman–Crippen MR) is 129 cm³/mol. The van der Waals surface area contributed by atoms with Gasteiger partial charge in [-0.05, 0) is 72.5 Å². The Morgan fingerprint density at radius 2 is 1.79 bits per heavy atom. The van der Waals surface area contributed by atoms with E-state index in [1.165, 1.54) is 10.6 Å². The summed E-state index contributed by atoms with van der Waals surface area (Å²) in [6.07, 6.45) is 1.85. The van der Waals surface area contributed by atoms with Crippen molar-refractivity contribution in [2.24, 2.45) is 0 Å². The highest BCUT2D eigenvalue weighted by molar-refractivity contribution is 7.88. The van der Waals surface area contributed by atoms with Crippen molar-refractivity contribution in [2.45, 2.75) is 19.9 Å². The highest BCUT2D eigenvalue weighted by atomic mass is 32.2. The molecule has 0 bridgehead atoms. The maximum absolute atomic E-state index is 12.9. The standard InChI is InChI=1S/C25H24N4O3S/c1-17-6-9-21(14-23(17)25(30)28-20-10-7-18(15-26)8-11-20)27-24-5-3-4-19-16-29(33(2,31)32)13-12-22(19)24/h3-11,14,27H,12-13,16H2,1-2H3,(H,28,30). The first-order valence-electron chi connectivity index (χ1n) is 10.5. The third kappa shape index (κ3) is 5.06. The number of carbonyl (C=O) groups excluding carboxylic acids is 1. The van der Waals surface area contributed by atoms with Gasteiger partial charge < -0.3 is 10.6 Å². The molecule has 2 N–H and O–H groups in total. The molecule has 168 valence electrons. The molecular weight excluding hydrogens is 436 g/mol. The zero-order valence-electron chi connectivity index (χ0n) is 18.4. The fourth-order valence-corrected chi connectivity index (χ4v) is 4.71. The zero-order valence-corrected chi connectivity index (χ0v) is 19.2. The van der Waals surface area contributed by atoms with Gasteiger partial charge in [-0.3, -0.25) is 4.79 Å². The number of sulfonamides is 1. The lowest BCUT2D eigenvalue weighted by Gasteiger charge is -2.28. The largest absolute Gasteiger partial charge is 0.355 e. The van der Waals surface area contributed by atoms with Crippen molar-refractivity contribution in [3.05, 3.63) is 88.5 Å². The summed E-state index contributed by atoms with van der Waals surface area (Å²) in [5.74, 6) is -0.236. The Bertz CT molecular complexity index is 1360. The maximum atomic E-state index is 12.9. The lowest BCUT2D eigenvalue weighted by Crippen LogP contribution is -2.35. The van der Waals surface area contributed by atoms with E-state index in [0.717, 1.165) is 28.1 Å². The summed E-state index contributed by atoms with van der Waals surface area (Å²) in [5.41, 5.74) is 6.25. The molecule has 3 aromatic rings. The normalized spacial score (nSPS) is 13.6. The fraction of sp³-hybridized carbons (Fsp3) is 0.200. The molecule has 0 aromatic heterocycles. The molecule has 0 aliphatic carbocycles. The Morgan fingerprint density at radius 3 is 2.48 bits per heavy atom. The molecule has 0 unspecified atom stereocenters. The van der Waals surface area contributed by atoms with Crippen molar-refractivity contribution in [2.75, 3.05) is 23.4 Å². The van der Waals surface area contributed by atoms with Crippen molar-refractivity contribution in [1.82, 2.24) is 4.31 Å². The van der Waals surface area contributed by atoms with Gasteiger partial charge in [0.15, 0.2) is 0 Å². The molecule has 3 aromatic carbocycles. The third-order valence-electron chi connectivity index (χ3n) is 5.73. The lowest BCUT2D eigenvalue weighted by molar-refractivity contribution is 0.102. The molecule has 0 fully saturated rings. The van der Waals surface area contributed by atoms with Crippen LogP contribution in [-0.2, 0) is 23.0 Å². The number of nitrogens with zero attached hydrogens (tertiary/aromatic N) is 2. The molecule has 1 heterocycles. The number of carbonyl (C=O) groups is 1. The highest BCUT2D eigenvalue weighted by Crippen LogP contribution is 2.30. The number of nitriles is 1. The van der Waals surface area contributed by atoms with Crippen LogP contribution in [0.15, 0.2) is 60.7 Å². The van der Waals surface area contributed by atoms with Gasteiger partial charge in [0.1, 0.15) is 0 Å². The molecule has 0 spiro atoms. The van der Waals surface area contributed by atoms with Gasteiger partial charge in [0, 0.05) is 35.7 Å². The summed E-state index contributed by atoms with van der Waals surface area (Å²) in [7, 11) is -3.24. The molecule has 0 radical (unpaired) electrons. The Balaban J connectivity index is 1.55. The van der Waals surface area contributed by atoms with Crippen LogP contribution in [0.4, 0.5) is 17.1 Å². The quantitative estimate of drug-likeness (QED) is 0.595. The second-order valence-corrected chi connectivity index (χ2v) is 10.1. The first kappa shape index (κ1) is 22.5. The summed E-state index contributed by atoms with van der Waals surface area (Å²) in [4.78, 5) is 12.9. The van der Waals surface area contributed by atoms with Gasteiger partial charge in [0.05, 0.1) is 17.9 Å². The van der Waals surface area contributed by atoms with Gasteiger partial charge >= 0.3 is 0 Å². The molecule has 0 saturated heterocycles. The number of amides is 1. The molecule has 33 heavy (non-hydrogen) atoms. The number of benzene rings is 3. The van der Waals surface area contributed by atoms with Gasteiger partial charge in [-0.1, -0.05) is 18.2 Å². The first-order valence-corrected chi connectivity index (χ1v) is 12.3. The van der Waals surface area contributed by atoms with Crippen LogP contribution in [0.3, 0.4) is 0 Å². The van der Waals surface area contributed by atoms with E-state index >= 15 is 0 Å². The number of hydrogen-bond acceptors (Lipinski definition) is 5. The fourth-order valence-electron chi connectivity index (χ4n) is 3.91. The summed E-state index contributed by atoms with van der Waals surface area (Å²) in [6, 6.07) is 20.2. The Morgan fingerprint density at radius 1 is 1.06 bits per heavy atom. The average molecular weight is 461 g/mol. The predicted octanol–water partition coefficient (Wildman–Crippen LogP) is 4.18. The second kappa shape index (κ2) is 9.06. The van der Waals surface area contributed by atoms with Crippen LogP contribution in [0.2, 0.25) is 0 Å². The van der Waals surface area contributed by atoms with Crippen LogP contribution in [-0.4, -0.2) is 31.4 Å². The molecule has 8 heteroatoms. The van der Waals surface area contributed by atoms with Crippen LogP contribution in [0.1, 0.15) is 32.6 Å².